The number of esters is 1. The van der Waals surface area contributed by atoms with Gasteiger partial charge in [-0.1, -0.05) is 55.7 Å². The van der Waals surface area contributed by atoms with Gasteiger partial charge in [-0.3, -0.25) is 19.6 Å². The molecular formula is C34H36N4O3Zn. The Hall–Kier alpha value is -3.38. The van der Waals surface area contributed by atoms with Crippen LogP contribution in [0.2, 0.25) is 0 Å². The summed E-state index contributed by atoms with van der Waals surface area (Å²) in [5.74, 6) is 0.0102. The molecule has 6 rings (SSSR count). The minimum atomic E-state index is -0.250. The summed E-state index contributed by atoms with van der Waals surface area (Å²) in [6.45, 7) is 14.7. The van der Waals surface area contributed by atoms with Crippen molar-refractivity contribution in [2.45, 2.75) is 84.0 Å². The maximum Gasteiger partial charge on any atom is 2.00 e. The zero-order chi connectivity index (χ0) is 29.2. The van der Waals surface area contributed by atoms with Crippen molar-refractivity contribution in [3.63, 3.8) is 0 Å². The smallest absolute Gasteiger partial charge is 0.657 e. The molecule has 8 bridgehead atoms. The molecule has 0 radical (unpaired) electrons. The Morgan fingerprint density at radius 2 is 1.74 bits per heavy atom. The van der Waals surface area contributed by atoms with Gasteiger partial charge in [0.1, 0.15) is 0 Å². The van der Waals surface area contributed by atoms with Gasteiger partial charge < -0.3 is 14.7 Å². The van der Waals surface area contributed by atoms with Crippen molar-refractivity contribution in [2.75, 3.05) is 7.11 Å². The number of allylic oxidation sites excluding steroid dienone is 1. The number of carbonyl (C=O) groups excluding carboxylic acids is 2. The molecule has 4 atom stereocenters. The van der Waals surface area contributed by atoms with Gasteiger partial charge in [-0.15, -0.1) is 28.6 Å². The van der Waals surface area contributed by atoms with Gasteiger partial charge in [-0.25, -0.2) is 0 Å². The summed E-state index contributed by atoms with van der Waals surface area (Å²) in [5.41, 5.74) is 11.7. The van der Waals surface area contributed by atoms with Crippen LogP contribution < -0.4 is 9.97 Å². The number of methoxy groups -OCH3 is 1. The average molecular weight is 614 g/mol. The first-order chi connectivity index (χ1) is 19.7. The Labute approximate surface area is 259 Å². The molecule has 42 heavy (non-hydrogen) atoms. The Morgan fingerprint density at radius 1 is 1.02 bits per heavy atom. The summed E-state index contributed by atoms with van der Waals surface area (Å²) in [5, 5.41) is 0. The first kappa shape index (κ1) is 30.1. The third-order valence-corrected chi connectivity index (χ3v) is 9.45. The molecule has 8 heteroatoms. The SMILES string of the molecule is C=CC1c2cc3[n-]c(cc4[n-]c5c(c6nc(cc(n2)C1C)[C@@H](C)[C@@H]6CCC(=O)OC)CC(=O)c5c4C)c(CC)c3C.[Zn+2]. The molecule has 0 fully saturated rings. The number of hydrogen-bond acceptors (Lipinski definition) is 5. The van der Waals surface area contributed by atoms with E-state index in [-0.39, 0.29) is 67.7 Å². The van der Waals surface area contributed by atoms with E-state index in [9.17, 15) is 9.59 Å². The maximum absolute atomic E-state index is 13.4. The van der Waals surface area contributed by atoms with Crippen molar-refractivity contribution in [3.05, 3.63) is 81.4 Å². The van der Waals surface area contributed by atoms with Crippen molar-refractivity contribution in [3.8, 4) is 0 Å². The fourth-order valence-electron chi connectivity index (χ4n) is 6.93. The zero-order valence-electron chi connectivity index (χ0n) is 25.4. The number of hydrogen-bond donors (Lipinski definition) is 0. The van der Waals surface area contributed by atoms with Gasteiger partial charge in [0.25, 0.3) is 0 Å². The Kier molecular flexibility index (Phi) is 8.15. The first-order valence-electron chi connectivity index (χ1n) is 14.5. The zero-order valence-corrected chi connectivity index (χ0v) is 28.3. The van der Waals surface area contributed by atoms with Gasteiger partial charge in [0, 0.05) is 64.9 Å². The summed E-state index contributed by atoms with van der Waals surface area (Å²) in [4.78, 5) is 45.9. The van der Waals surface area contributed by atoms with E-state index in [4.69, 9.17) is 24.7 Å². The van der Waals surface area contributed by atoms with Crippen LogP contribution in [-0.4, -0.2) is 28.8 Å². The van der Waals surface area contributed by atoms with E-state index >= 15 is 0 Å². The minimum Gasteiger partial charge on any atom is -0.657 e. The van der Waals surface area contributed by atoms with Gasteiger partial charge in [0.05, 0.1) is 7.11 Å². The van der Waals surface area contributed by atoms with Crippen molar-refractivity contribution in [1.82, 2.24) is 19.9 Å². The predicted molar refractivity (Wildman–Crippen MR) is 160 cm³/mol. The van der Waals surface area contributed by atoms with Crippen LogP contribution in [0.4, 0.5) is 0 Å². The topological polar surface area (TPSA) is 97.4 Å². The second-order valence-electron chi connectivity index (χ2n) is 11.6. The number of rotatable bonds is 5. The number of nitrogens with zero attached hydrogens (tertiary/aromatic N) is 4. The van der Waals surface area contributed by atoms with Gasteiger partial charge >= 0.3 is 25.4 Å². The molecule has 0 aromatic carbocycles. The molecule has 0 amide bonds. The van der Waals surface area contributed by atoms with Gasteiger partial charge in [0.15, 0.2) is 5.78 Å². The van der Waals surface area contributed by atoms with Gasteiger partial charge in [-0.2, -0.15) is 0 Å². The third-order valence-electron chi connectivity index (χ3n) is 9.45. The minimum absolute atomic E-state index is 0. The molecule has 3 aromatic heterocycles. The molecule has 3 aromatic rings. The molecule has 7 nitrogen and oxygen atoms in total. The van der Waals surface area contributed by atoms with E-state index < -0.39 is 0 Å². The number of ether oxygens (including phenoxy) is 1. The quantitative estimate of drug-likeness (QED) is 0.187. The molecule has 0 saturated heterocycles. The number of Topliss-reactive ketones (excluding diaryl/α,β-unsaturated/α-hetero) is 1. The van der Waals surface area contributed by atoms with Crippen LogP contribution >= 0.6 is 0 Å². The van der Waals surface area contributed by atoms with E-state index in [0.717, 1.165) is 68.0 Å². The van der Waals surface area contributed by atoms with Crippen LogP contribution in [0.15, 0.2) is 30.9 Å². The van der Waals surface area contributed by atoms with E-state index in [2.05, 4.69) is 46.4 Å². The average Bonchev–Trinajstić information content (AvgIpc) is 3.70. The summed E-state index contributed by atoms with van der Waals surface area (Å²) < 4.78 is 4.96. The number of ketones is 1. The van der Waals surface area contributed by atoms with Crippen molar-refractivity contribution >= 4 is 33.8 Å². The Morgan fingerprint density at radius 3 is 2.43 bits per heavy atom. The Balaban J connectivity index is 0.00000353. The normalized spacial score (nSPS) is 20.9. The second-order valence-corrected chi connectivity index (χ2v) is 11.6. The number of aryl methyl sites for hydroxylation is 3. The number of carbonyl (C=O) groups is 2. The van der Waals surface area contributed by atoms with Crippen LogP contribution in [-0.2, 0) is 41.9 Å². The number of aromatic nitrogens is 4. The van der Waals surface area contributed by atoms with E-state index in [1.807, 2.05) is 19.1 Å². The summed E-state index contributed by atoms with van der Waals surface area (Å²) in [7, 11) is 1.41. The third kappa shape index (κ3) is 4.68. The van der Waals surface area contributed by atoms with E-state index in [1.54, 1.807) is 0 Å². The summed E-state index contributed by atoms with van der Waals surface area (Å²) >= 11 is 0. The molecule has 5 heterocycles. The van der Waals surface area contributed by atoms with Crippen LogP contribution in [0, 0.1) is 13.8 Å². The molecule has 0 N–H and O–H groups in total. The molecule has 1 aliphatic carbocycles. The molecular weight excluding hydrogens is 578 g/mol. The molecule has 3 aliphatic rings. The largest absolute Gasteiger partial charge is 2.00 e. The van der Waals surface area contributed by atoms with E-state index in [1.165, 1.54) is 12.7 Å². The molecule has 2 unspecified atom stereocenters. The van der Waals surface area contributed by atoms with Gasteiger partial charge in [-0.05, 0) is 38.3 Å². The number of fused-ring (bicyclic) bond motifs is 8. The van der Waals surface area contributed by atoms with Crippen molar-refractivity contribution < 1.29 is 33.8 Å². The molecule has 0 saturated carbocycles. The molecule has 2 aliphatic heterocycles. The van der Waals surface area contributed by atoms with Crippen molar-refractivity contribution in [1.29, 1.82) is 0 Å². The fraction of sp³-hybridized carbons (Fsp3) is 0.412. The monoisotopic (exact) mass is 612 g/mol. The van der Waals surface area contributed by atoms with Crippen LogP contribution in [0.5, 0.6) is 0 Å². The molecule has 212 valence electrons. The van der Waals surface area contributed by atoms with E-state index in [0.29, 0.717) is 12.0 Å². The van der Waals surface area contributed by atoms with Gasteiger partial charge in [0.2, 0.25) is 0 Å². The maximum atomic E-state index is 13.4. The van der Waals surface area contributed by atoms with Crippen molar-refractivity contribution in [2.24, 2.45) is 0 Å². The first-order valence-corrected chi connectivity index (χ1v) is 14.5. The molecule has 0 spiro atoms. The second kappa shape index (κ2) is 11.4. The summed E-state index contributed by atoms with van der Waals surface area (Å²) in [6.07, 6.45) is 3.94. The van der Waals surface area contributed by atoms with Crippen LogP contribution in [0.3, 0.4) is 0 Å². The van der Waals surface area contributed by atoms with Crippen LogP contribution in [0.1, 0.15) is 113 Å². The predicted octanol–water partition coefficient (Wildman–Crippen LogP) is 6.40. The fourth-order valence-corrected chi connectivity index (χ4v) is 6.93. The Bertz CT molecular complexity index is 1780. The standard InChI is InChI=1S/C34H37N4O3.Zn/c1-8-20-16(3)24-13-26-18(5)22(10-11-31(40)41-7)33(37-26)23-12-30(39)32-19(6)27(38-34(23)32)15-29-21(9-2)17(4)25(36-29)14-28(20)35-24;/h8,13-16,18,20,22H,1,9-12H2,2-7H3,(H-,35,36,37,38,39);/q-1;+2/p-1/t16?,18-,20?,22-;/m0./s1. The summed E-state index contributed by atoms with van der Waals surface area (Å²) in [6, 6.07) is 6.22. The van der Waals surface area contributed by atoms with Crippen LogP contribution in [0.25, 0.3) is 22.1 Å².